The quantitative estimate of drug-likeness (QED) is 0.867. The van der Waals surface area contributed by atoms with Gasteiger partial charge in [0.1, 0.15) is 0 Å². The Morgan fingerprint density at radius 1 is 1.12 bits per heavy atom. The number of hydrogen-bond acceptors (Lipinski definition) is 3. The Hall–Kier alpha value is -2.30. The molecule has 1 saturated heterocycles. The lowest BCUT2D eigenvalue weighted by atomic mass is 10.1. The molecule has 1 aromatic carbocycles. The number of amides is 1. The predicted octanol–water partition coefficient (Wildman–Crippen LogP) is 2.55. The molecule has 0 aliphatic carbocycles. The van der Waals surface area contributed by atoms with Crippen molar-refractivity contribution in [1.29, 1.82) is 0 Å². The number of piperazine rings is 1. The van der Waals surface area contributed by atoms with Gasteiger partial charge in [-0.2, -0.15) is 0 Å². The topological polar surface area (TPSA) is 41.4 Å². The summed E-state index contributed by atoms with van der Waals surface area (Å²) in [6.07, 6.45) is 4.31. The van der Waals surface area contributed by atoms with E-state index in [2.05, 4.69) is 41.9 Å². The minimum absolute atomic E-state index is 0.238. The SMILES string of the molecule is Cc1cn(CCC(=O)N2CCN(c3cccc(C)c3C)CC2)cn1. The van der Waals surface area contributed by atoms with E-state index < -0.39 is 0 Å². The molecule has 3 rings (SSSR count). The highest BCUT2D eigenvalue weighted by molar-refractivity contribution is 5.76. The molecule has 2 aromatic rings. The van der Waals surface area contributed by atoms with Crippen LogP contribution in [0.2, 0.25) is 0 Å². The fourth-order valence-electron chi connectivity index (χ4n) is 3.25. The Morgan fingerprint density at radius 3 is 2.54 bits per heavy atom. The van der Waals surface area contributed by atoms with Crippen molar-refractivity contribution >= 4 is 11.6 Å². The van der Waals surface area contributed by atoms with Gasteiger partial charge in [-0.3, -0.25) is 4.79 Å². The van der Waals surface area contributed by atoms with Gasteiger partial charge in [0.2, 0.25) is 5.91 Å². The molecule has 0 bridgehead atoms. The summed E-state index contributed by atoms with van der Waals surface area (Å²) in [5, 5.41) is 0. The molecule has 5 heteroatoms. The number of hydrogen-bond donors (Lipinski definition) is 0. The highest BCUT2D eigenvalue weighted by atomic mass is 16.2. The number of carbonyl (C=O) groups excluding carboxylic acids is 1. The zero-order chi connectivity index (χ0) is 17.1. The van der Waals surface area contributed by atoms with Crippen LogP contribution in [0.15, 0.2) is 30.7 Å². The van der Waals surface area contributed by atoms with Crippen LogP contribution in [0.1, 0.15) is 23.2 Å². The largest absolute Gasteiger partial charge is 0.368 e. The van der Waals surface area contributed by atoms with Crippen LogP contribution in [0.4, 0.5) is 5.69 Å². The molecule has 5 nitrogen and oxygen atoms in total. The van der Waals surface area contributed by atoms with Gasteiger partial charge in [-0.25, -0.2) is 4.98 Å². The lowest BCUT2D eigenvalue weighted by Crippen LogP contribution is -2.49. The number of anilines is 1. The van der Waals surface area contributed by atoms with E-state index in [0.29, 0.717) is 13.0 Å². The van der Waals surface area contributed by atoms with E-state index in [1.807, 2.05) is 22.6 Å². The van der Waals surface area contributed by atoms with Gasteiger partial charge in [0.15, 0.2) is 0 Å². The Labute approximate surface area is 143 Å². The van der Waals surface area contributed by atoms with Gasteiger partial charge in [0, 0.05) is 51.0 Å². The van der Waals surface area contributed by atoms with Gasteiger partial charge in [-0.05, 0) is 38.0 Å². The van der Waals surface area contributed by atoms with Gasteiger partial charge in [0.25, 0.3) is 0 Å². The Balaban J connectivity index is 1.53. The Morgan fingerprint density at radius 2 is 1.88 bits per heavy atom. The molecule has 0 atom stereocenters. The van der Waals surface area contributed by atoms with Crippen LogP contribution < -0.4 is 4.90 Å². The summed E-state index contributed by atoms with van der Waals surface area (Å²) in [6.45, 7) is 10.4. The molecule has 128 valence electrons. The van der Waals surface area contributed by atoms with Crippen LogP contribution in [0.25, 0.3) is 0 Å². The van der Waals surface area contributed by atoms with Gasteiger partial charge in [-0.15, -0.1) is 0 Å². The number of carbonyl (C=O) groups is 1. The minimum atomic E-state index is 0.238. The van der Waals surface area contributed by atoms with Crippen LogP contribution in [-0.4, -0.2) is 46.5 Å². The molecule has 1 aliphatic rings. The smallest absolute Gasteiger partial charge is 0.224 e. The van der Waals surface area contributed by atoms with Crippen LogP contribution >= 0.6 is 0 Å². The first-order valence-corrected chi connectivity index (χ1v) is 8.62. The molecule has 1 aromatic heterocycles. The molecule has 1 fully saturated rings. The van der Waals surface area contributed by atoms with Crippen LogP contribution in [0.3, 0.4) is 0 Å². The first-order valence-electron chi connectivity index (χ1n) is 8.62. The van der Waals surface area contributed by atoms with Crippen molar-refractivity contribution < 1.29 is 4.79 Å². The van der Waals surface area contributed by atoms with E-state index in [0.717, 1.165) is 31.9 Å². The number of rotatable bonds is 4. The molecule has 0 unspecified atom stereocenters. The average Bonchev–Trinajstić information content (AvgIpc) is 3.01. The van der Waals surface area contributed by atoms with E-state index in [1.54, 1.807) is 6.33 Å². The van der Waals surface area contributed by atoms with Crippen LogP contribution in [0, 0.1) is 20.8 Å². The number of benzene rings is 1. The third kappa shape index (κ3) is 3.61. The van der Waals surface area contributed by atoms with E-state index in [9.17, 15) is 4.79 Å². The van der Waals surface area contributed by atoms with Gasteiger partial charge < -0.3 is 14.4 Å². The van der Waals surface area contributed by atoms with E-state index in [1.165, 1.54) is 16.8 Å². The molecule has 0 radical (unpaired) electrons. The summed E-state index contributed by atoms with van der Waals surface area (Å²) >= 11 is 0. The maximum absolute atomic E-state index is 12.4. The summed E-state index contributed by atoms with van der Waals surface area (Å²) in [6, 6.07) is 6.44. The van der Waals surface area contributed by atoms with Crippen LogP contribution in [-0.2, 0) is 11.3 Å². The van der Waals surface area contributed by atoms with Crippen LogP contribution in [0.5, 0.6) is 0 Å². The Bertz CT molecular complexity index is 714. The van der Waals surface area contributed by atoms with Crippen molar-refractivity contribution in [2.24, 2.45) is 0 Å². The second kappa shape index (κ2) is 7.07. The van der Waals surface area contributed by atoms with Crippen molar-refractivity contribution in [3.63, 3.8) is 0 Å². The normalized spacial score (nSPS) is 15.0. The zero-order valence-corrected chi connectivity index (χ0v) is 14.8. The fraction of sp³-hybridized carbons (Fsp3) is 0.474. The molecular formula is C19H26N4O. The maximum Gasteiger partial charge on any atom is 0.224 e. The molecule has 2 heterocycles. The molecule has 1 aliphatic heterocycles. The molecule has 1 amide bonds. The second-order valence-corrected chi connectivity index (χ2v) is 6.59. The van der Waals surface area contributed by atoms with Crippen molar-refractivity contribution in [3.8, 4) is 0 Å². The average molecular weight is 326 g/mol. The highest BCUT2D eigenvalue weighted by Gasteiger charge is 2.22. The van der Waals surface area contributed by atoms with Gasteiger partial charge in [-0.1, -0.05) is 12.1 Å². The van der Waals surface area contributed by atoms with Crippen molar-refractivity contribution in [1.82, 2.24) is 14.5 Å². The lowest BCUT2D eigenvalue weighted by Gasteiger charge is -2.37. The number of aromatic nitrogens is 2. The summed E-state index contributed by atoms with van der Waals surface area (Å²) in [7, 11) is 0. The summed E-state index contributed by atoms with van der Waals surface area (Å²) in [5.74, 6) is 0.238. The zero-order valence-electron chi connectivity index (χ0n) is 14.8. The van der Waals surface area contributed by atoms with Gasteiger partial charge >= 0.3 is 0 Å². The minimum Gasteiger partial charge on any atom is -0.368 e. The molecule has 0 N–H and O–H groups in total. The van der Waals surface area contributed by atoms with E-state index in [4.69, 9.17) is 0 Å². The molecule has 24 heavy (non-hydrogen) atoms. The number of aryl methyl sites for hydroxylation is 3. The predicted molar refractivity (Wildman–Crippen MR) is 96.3 cm³/mol. The summed E-state index contributed by atoms with van der Waals surface area (Å²) in [5.41, 5.74) is 4.95. The number of imidazole rings is 1. The second-order valence-electron chi connectivity index (χ2n) is 6.59. The molecular weight excluding hydrogens is 300 g/mol. The summed E-state index contributed by atoms with van der Waals surface area (Å²) in [4.78, 5) is 21.0. The first kappa shape index (κ1) is 16.6. The fourth-order valence-corrected chi connectivity index (χ4v) is 3.25. The molecule has 0 spiro atoms. The van der Waals surface area contributed by atoms with Crippen molar-refractivity contribution in [3.05, 3.63) is 47.5 Å². The first-order chi connectivity index (χ1) is 11.5. The molecule has 0 saturated carbocycles. The lowest BCUT2D eigenvalue weighted by molar-refractivity contribution is -0.131. The van der Waals surface area contributed by atoms with E-state index in [-0.39, 0.29) is 5.91 Å². The highest BCUT2D eigenvalue weighted by Crippen LogP contribution is 2.24. The van der Waals surface area contributed by atoms with E-state index >= 15 is 0 Å². The standard InChI is InChI=1S/C19H26N4O/c1-15-5-4-6-18(17(15)3)22-9-11-23(12-10-22)19(24)7-8-21-13-16(2)20-14-21/h4-6,13-14H,7-12H2,1-3H3. The third-order valence-corrected chi connectivity index (χ3v) is 4.90. The third-order valence-electron chi connectivity index (χ3n) is 4.90. The van der Waals surface area contributed by atoms with Crippen molar-refractivity contribution in [2.75, 3.05) is 31.1 Å². The Kier molecular flexibility index (Phi) is 4.88. The van der Waals surface area contributed by atoms with Crippen molar-refractivity contribution in [2.45, 2.75) is 33.7 Å². The monoisotopic (exact) mass is 326 g/mol. The van der Waals surface area contributed by atoms with Gasteiger partial charge in [0.05, 0.1) is 12.0 Å². The maximum atomic E-state index is 12.4. The number of nitrogens with zero attached hydrogens (tertiary/aromatic N) is 4. The summed E-state index contributed by atoms with van der Waals surface area (Å²) < 4.78 is 1.99.